The Kier molecular flexibility index (Phi) is 7.09. The van der Waals surface area contributed by atoms with E-state index in [-0.39, 0.29) is 11.8 Å². The number of para-hydroxylation sites is 1. The number of fused-ring (bicyclic) bond motifs is 3. The monoisotopic (exact) mass is 472 g/mol. The summed E-state index contributed by atoms with van der Waals surface area (Å²) in [5.74, 6) is 0.988. The van der Waals surface area contributed by atoms with Gasteiger partial charge in [-0.1, -0.05) is 84.0 Å². The van der Waals surface area contributed by atoms with Gasteiger partial charge in [-0.15, -0.1) is 0 Å². The summed E-state index contributed by atoms with van der Waals surface area (Å²) in [5.41, 5.74) is 6.99. The maximum atomic E-state index is 13.6. The molecule has 1 atom stereocenters. The first kappa shape index (κ1) is 24.4. The van der Waals surface area contributed by atoms with Gasteiger partial charge in [-0.3, -0.25) is 0 Å². The molecule has 0 amide bonds. The van der Waals surface area contributed by atoms with Gasteiger partial charge in [0.15, 0.2) is 11.0 Å². The van der Waals surface area contributed by atoms with Crippen molar-refractivity contribution in [1.29, 1.82) is 0 Å². The predicted octanol–water partition coefficient (Wildman–Crippen LogP) is 8.33. The Morgan fingerprint density at radius 2 is 1.44 bits per heavy atom. The third kappa shape index (κ3) is 4.48. The summed E-state index contributed by atoms with van der Waals surface area (Å²) in [5, 5.41) is 2.50. The highest BCUT2D eigenvalue weighted by atomic mass is 32.2. The summed E-state index contributed by atoms with van der Waals surface area (Å²) in [7, 11) is -1.46. The summed E-state index contributed by atoms with van der Waals surface area (Å²) in [6.07, 6.45) is 1.78. The van der Waals surface area contributed by atoms with Gasteiger partial charge < -0.3 is 4.57 Å². The lowest BCUT2D eigenvalue weighted by Crippen LogP contribution is -2.07. The number of hydrogen-bond acceptors (Lipinski definition) is 1. The molecule has 0 aliphatic heterocycles. The fraction of sp³-hybridized carbons (Fsp3) is 0.367. The van der Waals surface area contributed by atoms with Crippen molar-refractivity contribution in [2.24, 2.45) is 4.40 Å². The van der Waals surface area contributed by atoms with E-state index in [0.717, 1.165) is 28.1 Å². The summed E-state index contributed by atoms with van der Waals surface area (Å²) in [4.78, 5) is 0.884. The molecule has 178 valence electrons. The molecule has 0 bridgehead atoms. The van der Waals surface area contributed by atoms with E-state index in [0.29, 0.717) is 5.92 Å². The Bertz CT molecular complexity index is 1360. The van der Waals surface area contributed by atoms with Crippen molar-refractivity contribution in [3.63, 3.8) is 0 Å². The molecule has 0 aliphatic carbocycles. The van der Waals surface area contributed by atoms with Crippen molar-refractivity contribution in [3.8, 4) is 0 Å². The van der Waals surface area contributed by atoms with Crippen molar-refractivity contribution in [2.75, 3.05) is 0 Å². The van der Waals surface area contributed by atoms with Gasteiger partial charge in [0.05, 0.1) is 4.90 Å². The lowest BCUT2D eigenvalue weighted by molar-refractivity contribution is 0.677. The molecule has 1 aromatic heterocycles. The smallest absolute Gasteiger partial charge is 0.173 e. The van der Waals surface area contributed by atoms with Crippen molar-refractivity contribution < 1.29 is 4.21 Å². The van der Waals surface area contributed by atoms with E-state index >= 15 is 0 Å². The molecule has 1 heterocycles. The van der Waals surface area contributed by atoms with Crippen LogP contribution in [0.1, 0.15) is 88.5 Å². The molecule has 4 aromatic rings. The highest BCUT2D eigenvalue weighted by Gasteiger charge is 2.21. The van der Waals surface area contributed by atoms with E-state index in [9.17, 15) is 4.21 Å². The van der Waals surface area contributed by atoms with Crippen LogP contribution in [0.15, 0.2) is 63.9 Å². The van der Waals surface area contributed by atoms with Crippen molar-refractivity contribution in [1.82, 2.24) is 4.57 Å². The number of hydrogen-bond donors (Lipinski definition) is 0. The van der Waals surface area contributed by atoms with Gasteiger partial charge in [-0.05, 0) is 59.1 Å². The zero-order chi connectivity index (χ0) is 24.6. The van der Waals surface area contributed by atoms with E-state index in [4.69, 9.17) is 0 Å². The lowest BCUT2D eigenvalue weighted by Gasteiger charge is -2.21. The normalized spacial score (nSPS) is 13.4. The summed E-state index contributed by atoms with van der Waals surface area (Å²) in [6.45, 7) is 16.2. The molecule has 4 heteroatoms. The molecular formula is C30H36N2OS. The van der Waals surface area contributed by atoms with Gasteiger partial charge in [0.25, 0.3) is 0 Å². The number of benzene rings is 3. The largest absolute Gasteiger partial charge is 0.341 e. The van der Waals surface area contributed by atoms with Crippen molar-refractivity contribution in [2.45, 2.75) is 77.7 Å². The molecular weight excluding hydrogens is 436 g/mol. The SMILES string of the molecule is CCn1c2ccccc2c2ccc(/C=N/S(=O)c3c(C(C)C)cc(C(C)C)cc3C(C)C)cc21. The third-order valence-corrected chi connectivity index (χ3v) is 7.78. The maximum Gasteiger partial charge on any atom is 0.173 e. The zero-order valence-corrected chi connectivity index (χ0v) is 22.2. The molecule has 0 aliphatic rings. The average molecular weight is 473 g/mol. The van der Waals surface area contributed by atoms with Crippen LogP contribution in [0.3, 0.4) is 0 Å². The van der Waals surface area contributed by atoms with E-state index < -0.39 is 11.0 Å². The first-order chi connectivity index (χ1) is 16.2. The van der Waals surface area contributed by atoms with Gasteiger partial charge in [0.1, 0.15) is 0 Å². The fourth-order valence-corrected chi connectivity index (χ4v) is 6.06. The predicted molar refractivity (Wildman–Crippen MR) is 148 cm³/mol. The summed E-state index contributed by atoms with van der Waals surface area (Å²) < 4.78 is 20.5. The van der Waals surface area contributed by atoms with E-state index in [1.165, 1.54) is 27.4 Å². The lowest BCUT2D eigenvalue weighted by atomic mass is 9.89. The Labute approximate surface area is 206 Å². The molecule has 3 aromatic carbocycles. The van der Waals surface area contributed by atoms with Gasteiger partial charge in [0, 0.05) is 34.6 Å². The van der Waals surface area contributed by atoms with Crippen LogP contribution in [-0.4, -0.2) is 15.0 Å². The first-order valence-corrected chi connectivity index (χ1v) is 13.5. The second-order valence-electron chi connectivity index (χ2n) is 10.0. The topological polar surface area (TPSA) is 34.4 Å². The Morgan fingerprint density at radius 3 is 2.03 bits per heavy atom. The van der Waals surface area contributed by atoms with Crippen molar-refractivity contribution in [3.05, 3.63) is 76.9 Å². The van der Waals surface area contributed by atoms with Crippen LogP contribution in [0.2, 0.25) is 0 Å². The summed E-state index contributed by atoms with van der Waals surface area (Å²) >= 11 is 0. The minimum absolute atomic E-state index is 0.280. The van der Waals surface area contributed by atoms with Gasteiger partial charge in [-0.25, -0.2) is 4.21 Å². The molecule has 0 N–H and O–H groups in total. The molecule has 3 nitrogen and oxygen atoms in total. The molecule has 0 spiro atoms. The quantitative estimate of drug-likeness (QED) is 0.249. The number of nitrogens with zero attached hydrogens (tertiary/aromatic N) is 2. The molecule has 0 fully saturated rings. The maximum absolute atomic E-state index is 13.6. The van der Waals surface area contributed by atoms with E-state index in [2.05, 4.69) is 112 Å². The van der Waals surface area contributed by atoms with Crippen LogP contribution in [-0.2, 0) is 17.5 Å². The Morgan fingerprint density at radius 1 is 0.824 bits per heavy atom. The van der Waals surface area contributed by atoms with Gasteiger partial charge >= 0.3 is 0 Å². The first-order valence-electron chi connectivity index (χ1n) is 12.4. The third-order valence-electron chi connectivity index (χ3n) is 6.67. The molecule has 0 saturated carbocycles. The Hall–Kier alpha value is -2.72. The van der Waals surface area contributed by atoms with Gasteiger partial charge in [0.2, 0.25) is 0 Å². The van der Waals surface area contributed by atoms with E-state index in [1.54, 1.807) is 6.21 Å². The minimum Gasteiger partial charge on any atom is -0.341 e. The highest BCUT2D eigenvalue weighted by Crippen LogP contribution is 2.35. The highest BCUT2D eigenvalue weighted by molar-refractivity contribution is 7.84. The van der Waals surface area contributed by atoms with Crippen LogP contribution in [0.5, 0.6) is 0 Å². The standard InChI is InChI=1S/C30H36N2OS/c1-8-32-28-12-10-9-11-24(28)25-14-13-22(15-29(25)32)18-31-34(33)30-26(20(4)5)16-23(19(2)3)17-27(30)21(6)7/h9-21H,8H2,1-7H3/b31-18+. The summed E-state index contributed by atoms with van der Waals surface area (Å²) in [6, 6.07) is 19.4. The van der Waals surface area contributed by atoms with Crippen LogP contribution in [0.25, 0.3) is 21.8 Å². The molecule has 4 rings (SSSR count). The molecule has 34 heavy (non-hydrogen) atoms. The number of aromatic nitrogens is 1. The van der Waals surface area contributed by atoms with E-state index in [1.807, 2.05) is 0 Å². The van der Waals surface area contributed by atoms with Crippen LogP contribution >= 0.6 is 0 Å². The van der Waals surface area contributed by atoms with Gasteiger partial charge in [-0.2, -0.15) is 4.40 Å². The van der Waals surface area contributed by atoms with Crippen LogP contribution < -0.4 is 0 Å². The second kappa shape index (κ2) is 9.87. The second-order valence-corrected chi connectivity index (χ2v) is 11.1. The Balaban J connectivity index is 1.78. The zero-order valence-electron chi connectivity index (χ0n) is 21.4. The number of aryl methyl sites for hydroxylation is 1. The fourth-order valence-electron chi connectivity index (χ4n) is 4.74. The van der Waals surface area contributed by atoms with Crippen LogP contribution in [0, 0.1) is 0 Å². The number of rotatable bonds is 7. The average Bonchev–Trinajstić information content (AvgIpc) is 3.14. The molecule has 1 unspecified atom stereocenters. The van der Waals surface area contributed by atoms with Crippen LogP contribution in [0.4, 0.5) is 0 Å². The molecule has 0 radical (unpaired) electrons. The molecule has 0 saturated heterocycles. The minimum atomic E-state index is -1.46. The van der Waals surface area contributed by atoms with Crippen molar-refractivity contribution >= 4 is 39.0 Å².